The summed E-state index contributed by atoms with van der Waals surface area (Å²) < 4.78 is 1.40. The Morgan fingerprint density at radius 3 is 2.19 bits per heavy atom. The summed E-state index contributed by atoms with van der Waals surface area (Å²) in [6.45, 7) is 2.23. The van der Waals surface area contributed by atoms with Crippen LogP contribution >= 0.6 is 46.4 Å². The van der Waals surface area contributed by atoms with Gasteiger partial charge in [-0.1, -0.05) is 129 Å². The number of aromatic nitrogens is 3. The SMILES string of the molecule is CCCCCCCCCCCCCC(=O)Nc1ccc(Cl)c(N=C2NN(c3c(Cl)cc(Cl)cc3Cl)C(=O)C2n2nnc3cc(C#CC#CC#CC(=O)O)ccc32)c1. The first-order valence-electron chi connectivity index (χ1n) is 18.6. The molecule has 3 aromatic carbocycles. The number of carbonyl (C=O) groups is 3. The van der Waals surface area contributed by atoms with Crippen molar-refractivity contribution in [2.24, 2.45) is 4.99 Å². The molecule has 0 saturated carbocycles. The Kier molecular flexibility index (Phi) is 16.1. The summed E-state index contributed by atoms with van der Waals surface area (Å²) in [5.41, 5.74) is 5.36. The third-order valence-corrected chi connectivity index (χ3v) is 10.0. The van der Waals surface area contributed by atoms with Crippen LogP contribution < -0.4 is 15.8 Å². The van der Waals surface area contributed by atoms with Gasteiger partial charge < -0.3 is 10.4 Å². The van der Waals surface area contributed by atoms with Crippen LogP contribution in [0.15, 0.2) is 53.5 Å². The van der Waals surface area contributed by atoms with Crippen LogP contribution in [-0.2, 0) is 14.4 Å². The van der Waals surface area contributed by atoms with Crippen LogP contribution in [0.4, 0.5) is 17.1 Å². The molecule has 15 heteroatoms. The molecule has 1 atom stereocenters. The van der Waals surface area contributed by atoms with E-state index in [4.69, 9.17) is 56.5 Å². The van der Waals surface area contributed by atoms with Crippen LogP contribution in [0, 0.1) is 35.5 Å². The molecule has 0 aliphatic carbocycles. The summed E-state index contributed by atoms with van der Waals surface area (Å²) in [5, 5.41) is 22.0. The van der Waals surface area contributed by atoms with Gasteiger partial charge in [-0.25, -0.2) is 19.5 Å². The van der Waals surface area contributed by atoms with Gasteiger partial charge >= 0.3 is 5.97 Å². The van der Waals surface area contributed by atoms with Crippen molar-refractivity contribution in [3.8, 4) is 35.5 Å². The van der Waals surface area contributed by atoms with Gasteiger partial charge in [0, 0.05) is 28.6 Å². The quantitative estimate of drug-likeness (QED) is 0.0753. The fourth-order valence-corrected chi connectivity index (χ4v) is 7.28. The number of anilines is 2. The highest BCUT2D eigenvalue weighted by atomic mass is 35.5. The molecule has 1 saturated heterocycles. The number of hydrogen-bond donors (Lipinski definition) is 3. The Morgan fingerprint density at radius 1 is 0.842 bits per heavy atom. The molecule has 57 heavy (non-hydrogen) atoms. The number of amidine groups is 1. The van der Waals surface area contributed by atoms with Crippen molar-refractivity contribution in [3.63, 3.8) is 0 Å². The van der Waals surface area contributed by atoms with E-state index >= 15 is 0 Å². The van der Waals surface area contributed by atoms with E-state index in [1.165, 1.54) is 68.2 Å². The van der Waals surface area contributed by atoms with Crippen molar-refractivity contribution >= 4 is 98.1 Å². The van der Waals surface area contributed by atoms with Crippen LogP contribution in [0.2, 0.25) is 20.1 Å². The second kappa shape index (κ2) is 21.3. The summed E-state index contributed by atoms with van der Waals surface area (Å²) in [7, 11) is 0. The zero-order valence-corrected chi connectivity index (χ0v) is 34.1. The number of nitrogens with one attached hydrogen (secondary N) is 2. The molecule has 0 radical (unpaired) electrons. The van der Waals surface area contributed by atoms with E-state index in [1.54, 1.807) is 36.4 Å². The molecule has 2 amide bonds. The minimum Gasteiger partial charge on any atom is -0.472 e. The van der Waals surface area contributed by atoms with E-state index in [0.29, 0.717) is 28.7 Å². The highest BCUT2D eigenvalue weighted by Gasteiger charge is 2.43. The molecule has 5 rings (SSSR count). The van der Waals surface area contributed by atoms with E-state index in [-0.39, 0.29) is 43.2 Å². The van der Waals surface area contributed by atoms with Crippen LogP contribution in [0.3, 0.4) is 0 Å². The average Bonchev–Trinajstić information content (AvgIpc) is 3.71. The van der Waals surface area contributed by atoms with Gasteiger partial charge in [0.05, 0.1) is 26.3 Å². The number of aliphatic imine (C=N–C) groups is 1. The van der Waals surface area contributed by atoms with Crippen molar-refractivity contribution in [1.29, 1.82) is 0 Å². The molecule has 294 valence electrons. The van der Waals surface area contributed by atoms with Gasteiger partial charge in [-0.15, -0.1) is 5.10 Å². The Morgan fingerprint density at radius 2 is 1.51 bits per heavy atom. The normalized spacial score (nSPS) is 14.0. The van der Waals surface area contributed by atoms with Crippen molar-refractivity contribution in [3.05, 3.63) is 74.2 Å². The van der Waals surface area contributed by atoms with Gasteiger partial charge in [-0.05, 0) is 78.6 Å². The lowest BCUT2D eigenvalue weighted by Gasteiger charge is -2.19. The number of hydrogen-bond acceptors (Lipinski definition) is 6. The van der Waals surface area contributed by atoms with E-state index < -0.39 is 17.9 Å². The Bertz CT molecular complexity index is 2340. The van der Waals surface area contributed by atoms with Gasteiger partial charge in [0.15, 0.2) is 11.9 Å². The first-order chi connectivity index (χ1) is 27.5. The summed E-state index contributed by atoms with van der Waals surface area (Å²) >= 11 is 25.9. The molecule has 1 unspecified atom stereocenters. The van der Waals surface area contributed by atoms with Crippen LogP contribution in [-0.4, -0.2) is 43.7 Å². The highest BCUT2D eigenvalue weighted by Crippen LogP contribution is 2.40. The predicted molar refractivity (Wildman–Crippen MR) is 227 cm³/mol. The first-order valence-corrected chi connectivity index (χ1v) is 20.1. The topological polar surface area (TPSA) is 142 Å². The number of hydrazine groups is 1. The lowest BCUT2D eigenvalue weighted by atomic mass is 10.1. The number of amides is 2. The number of carbonyl (C=O) groups excluding carboxylic acids is 2. The first kappa shape index (κ1) is 42.9. The number of rotatable bonds is 16. The van der Waals surface area contributed by atoms with Crippen molar-refractivity contribution in [2.75, 3.05) is 10.3 Å². The molecule has 4 aromatic rings. The smallest absolute Gasteiger partial charge is 0.382 e. The largest absolute Gasteiger partial charge is 0.472 e. The number of aliphatic carboxylic acids is 1. The molecule has 1 aliphatic rings. The van der Waals surface area contributed by atoms with Crippen molar-refractivity contribution in [1.82, 2.24) is 20.4 Å². The molecular formula is C42H39Cl4N7O4. The Labute approximate surface area is 351 Å². The number of fused-ring (bicyclic) bond motifs is 1. The molecule has 1 aliphatic heterocycles. The van der Waals surface area contributed by atoms with E-state index in [0.717, 1.165) is 24.3 Å². The minimum absolute atomic E-state index is 0.109. The van der Waals surface area contributed by atoms with Gasteiger partial charge in [-0.3, -0.25) is 15.0 Å². The lowest BCUT2D eigenvalue weighted by molar-refractivity contribution is -0.130. The number of nitrogens with zero attached hydrogens (tertiary/aromatic N) is 5. The molecule has 1 fully saturated rings. The maximum absolute atomic E-state index is 14.3. The second-order valence-electron chi connectivity index (χ2n) is 13.2. The number of benzene rings is 3. The molecule has 1 aromatic heterocycles. The summed E-state index contributed by atoms with van der Waals surface area (Å²) in [6, 6.07) is 11.7. The highest BCUT2D eigenvalue weighted by molar-refractivity contribution is 6.43. The molecule has 0 bridgehead atoms. The van der Waals surface area contributed by atoms with Crippen LogP contribution in [0.1, 0.15) is 95.6 Å². The maximum Gasteiger partial charge on any atom is 0.382 e. The Hall–Kier alpha value is -5.22. The van der Waals surface area contributed by atoms with Gasteiger partial charge in [-0.2, -0.15) is 0 Å². The van der Waals surface area contributed by atoms with Crippen LogP contribution in [0.25, 0.3) is 11.0 Å². The number of carboxylic acid groups (broad SMARTS) is 1. The van der Waals surface area contributed by atoms with Crippen molar-refractivity contribution in [2.45, 2.75) is 90.0 Å². The molecule has 3 N–H and O–H groups in total. The third-order valence-electron chi connectivity index (χ3n) is 8.90. The minimum atomic E-state index is -1.29. The van der Waals surface area contributed by atoms with Gasteiger partial charge in [0.2, 0.25) is 5.91 Å². The fraction of sp³-hybridized carbons (Fsp3) is 0.333. The summed E-state index contributed by atoms with van der Waals surface area (Å²) in [5.74, 6) is 12.5. The summed E-state index contributed by atoms with van der Waals surface area (Å²) in [6.07, 6.45) is 13.5. The standard InChI is InChI=1S/C42H39Cl4N7O4/c1-2-3-4-5-6-7-8-9-10-11-15-18-37(54)47-30-21-22-31(44)34(27-30)48-41-40(42(57)53(50-41)39-32(45)25-29(43)26-33(39)46)52-36-23-20-28(24-35(36)49-51-52)17-14-12-13-16-19-38(55)56/h20-27,40H,2-11,15,18H2,1H3,(H,47,54)(H,48,50)(H,55,56). The van der Waals surface area contributed by atoms with E-state index in [9.17, 15) is 14.4 Å². The van der Waals surface area contributed by atoms with E-state index in [1.807, 2.05) is 5.92 Å². The zero-order chi connectivity index (χ0) is 40.7. The maximum atomic E-state index is 14.3. The number of unbranched alkanes of at least 4 members (excludes halogenated alkanes) is 10. The van der Waals surface area contributed by atoms with Crippen LogP contribution in [0.5, 0.6) is 0 Å². The van der Waals surface area contributed by atoms with Gasteiger partial charge in [0.1, 0.15) is 11.2 Å². The third kappa shape index (κ3) is 12.1. The van der Waals surface area contributed by atoms with Crippen molar-refractivity contribution < 1.29 is 19.5 Å². The average molecular weight is 848 g/mol. The predicted octanol–water partition coefficient (Wildman–Crippen LogP) is 9.95. The zero-order valence-electron chi connectivity index (χ0n) is 31.1. The van der Waals surface area contributed by atoms with Gasteiger partial charge in [0.25, 0.3) is 5.91 Å². The fourth-order valence-electron chi connectivity index (χ4n) is 6.13. The second-order valence-corrected chi connectivity index (χ2v) is 14.9. The molecular weight excluding hydrogens is 808 g/mol. The molecule has 0 spiro atoms. The lowest BCUT2D eigenvalue weighted by Crippen LogP contribution is -2.36. The monoisotopic (exact) mass is 845 g/mol. The molecule has 2 heterocycles. The molecule has 11 nitrogen and oxygen atoms in total. The summed E-state index contributed by atoms with van der Waals surface area (Å²) in [4.78, 5) is 42.5. The number of halogens is 4. The Balaban J connectivity index is 1.35. The number of carboxylic acids is 1. The van der Waals surface area contributed by atoms with E-state index in [2.05, 4.69) is 57.6 Å².